The van der Waals surface area contributed by atoms with E-state index in [4.69, 9.17) is 13.9 Å². The van der Waals surface area contributed by atoms with E-state index in [1.54, 1.807) is 12.1 Å². The molecule has 1 aliphatic rings. The van der Waals surface area contributed by atoms with Gasteiger partial charge in [-0.1, -0.05) is 26.0 Å². The van der Waals surface area contributed by atoms with Gasteiger partial charge in [-0.3, -0.25) is 9.69 Å². The lowest BCUT2D eigenvalue weighted by atomic mass is 9.99. The summed E-state index contributed by atoms with van der Waals surface area (Å²) in [5, 5.41) is 11.8. The minimum absolute atomic E-state index is 0.134. The Morgan fingerprint density at radius 3 is 2.53 bits per heavy atom. The first kappa shape index (κ1) is 27.9. The number of amides is 1. The monoisotopic (exact) mass is 501 g/mol. The Morgan fingerprint density at radius 2 is 1.86 bits per heavy atom. The van der Waals surface area contributed by atoms with Gasteiger partial charge in [0.15, 0.2) is 0 Å². The van der Waals surface area contributed by atoms with Crippen molar-refractivity contribution < 1.29 is 28.6 Å². The third-order valence-electron chi connectivity index (χ3n) is 6.02. The van der Waals surface area contributed by atoms with E-state index in [0.717, 1.165) is 18.7 Å². The van der Waals surface area contributed by atoms with Crippen molar-refractivity contribution in [2.24, 2.45) is 5.92 Å². The quantitative estimate of drug-likeness (QED) is 0.245. The van der Waals surface area contributed by atoms with Crippen LogP contribution in [0.5, 0.6) is 0 Å². The summed E-state index contributed by atoms with van der Waals surface area (Å²) in [6, 6.07) is 10.8. The number of carbonyl (C=O) groups is 2. The maximum atomic E-state index is 12.2. The molecule has 198 valence electrons. The number of aryl methyl sites for hydroxylation is 1. The number of morpholine rings is 1. The number of rotatable bonds is 13. The summed E-state index contributed by atoms with van der Waals surface area (Å²) in [4.78, 5) is 26.6. The Bertz CT molecular complexity index is 953. The van der Waals surface area contributed by atoms with E-state index >= 15 is 0 Å². The van der Waals surface area contributed by atoms with Crippen LogP contribution in [0.4, 0.5) is 5.69 Å². The van der Waals surface area contributed by atoms with Crippen LogP contribution in [0.3, 0.4) is 0 Å². The lowest BCUT2D eigenvalue weighted by Crippen LogP contribution is -2.42. The van der Waals surface area contributed by atoms with Gasteiger partial charge in [0.25, 0.3) is 0 Å². The Labute approximate surface area is 213 Å². The van der Waals surface area contributed by atoms with E-state index in [-0.39, 0.29) is 11.7 Å². The van der Waals surface area contributed by atoms with Gasteiger partial charge < -0.3 is 19.0 Å². The predicted molar refractivity (Wildman–Crippen MR) is 137 cm³/mol. The highest BCUT2D eigenvalue weighted by atomic mass is 16.5. The summed E-state index contributed by atoms with van der Waals surface area (Å²) in [6.07, 6.45) is 1.49. The van der Waals surface area contributed by atoms with Crippen molar-refractivity contribution in [3.63, 3.8) is 0 Å². The zero-order valence-corrected chi connectivity index (χ0v) is 21.6. The molecule has 1 fully saturated rings. The molecule has 1 aliphatic heterocycles. The normalized spacial score (nSPS) is 15.1. The van der Waals surface area contributed by atoms with Gasteiger partial charge in [-0.15, -0.1) is 0 Å². The zero-order valence-electron chi connectivity index (χ0n) is 21.6. The lowest BCUT2D eigenvalue weighted by molar-refractivity contribution is -0.117. The van der Waals surface area contributed by atoms with E-state index < -0.39 is 12.1 Å². The van der Waals surface area contributed by atoms with Crippen LogP contribution in [0, 0.1) is 5.92 Å². The number of nitrogens with one attached hydrogen (secondary N) is 1. The van der Waals surface area contributed by atoms with Crippen LogP contribution in [0.15, 0.2) is 40.8 Å². The molecule has 1 aromatic carbocycles. The van der Waals surface area contributed by atoms with E-state index in [1.807, 2.05) is 24.3 Å². The molecule has 0 bridgehead atoms. The fraction of sp³-hybridized carbons (Fsp3) is 0.556. The number of furan rings is 1. The van der Waals surface area contributed by atoms with Crippen molar-refractivity contribution >= 4 is 17.6 Å². The first-order valence-electron chi connectivity index (χ1n) is 12.7. The lowest BCUT2D eigenvalue weighted by Gasteiger charge is -2.25. The second-order valence-electron chi connectivity index (χ2n) is 9.46. The van der Waals surface area contributed by atoms with Crippen LogP contribution in [0.1, 0.15) is 61.6 Å². The minimum Gasteiger partial charge on any atom is -0.458 e. The summed E-state index contributed by atoms with van der Waals surface area (Å²) in [5.74, 6) is 0.689. The molecule has 2 N–H and O–H groups in total. The van der Waals surface area contributed by atoms with Crippen molar-refractivity contribution in [3.8, 4) is 0 Å². The van der Waals surface area contributed by atoms with Gasteiger partial charge in [-0.2, -0.15) is 0 Å². The van der Waals surface area contributed by atoms with Crippen molar-refractivity contribution in [1.82, 2.24) is 10.3 Å². The third-order valence-corrected chi connectivity index (χ3v) is 6.02. The zero-order chi connectivity index (χ0) is 25.9. The summed E-state index contributed by atoms with van der Waals surface area (Å²) in [6.45, 7) is 10.3. The fourth-order valence-electron chi connectivity index (χ4n) is 4.05. The molecule has 3 rings (SSSR count). The van der Waals surface area contributed by atoms with Gasteiger partial charge in [-0.05, 0) is 48.6 Å². The predicted octanol–water partition coefficient (Wildman–Crippen LogP) is 3.34. The van der Waals surface area contributed by atoms with Gasteiger partial charge in [0.05, 0.1) is 25.0 Å². The Balaban J connectivity index is 1.41. The Morgan fingerprint density at radius 1 is 1.14 bits per heavy atom. The number of benzene rings is 1. The molecule has 2 heterocycles. The molecule has 1 atom stereocenters. The number of anilines is 1. The van der Waals surface area contributed by atoms with E-state index in [2.05, 4.69) is 24.2 Å². The summed E-state index contributed by atoms with van der Waals surface area (Å²) in [7, 11) is 0. The number of aliphatic hydroxyl groups excluding tert-OH is 1. The molecule has 36 heavy (non-hydrogen) atoms. The molecule has 9 nitrogen and oxygen atoms in total. The van der Waals surface area contributed by atoms with Crippen LogP contribution in [-0.4, -0.2) is 67.9 Å². The van der Waals surface area contributed by atoms with Gasteiger partial charge in [0.2, 0.25) is 11.7 Å². The van der Waals surface area contributed by atoms with Crippen molar-refractivity contribution in [3.05, 3.63) is 53.5 Å². The largest absolute Gasteiger partial charge is 0.458 e. The second kappa shape index (κ2) is 14.1. The number of nitrogens with zero attached hydrogens (tertiary/aromatic N) is 2. The van der Waals surface area contributed by atoms with Gasteiger partial charge in [0, 0.05) is 39.5 Å². The minimum atomic E-state index is -0.516. The van der Waals surface area contributed by atoms with Crippen LogP contribution in [-0.2, 0) is 20.7 Å². The second-order valence-corrected chi connectivity index (χ2v) is 9.46. The van der Waals surface area contributed by atoms with E-state index in [9.17, 15) is 14.7 Å². The summed E-state index contributed by atoms with van der Waals surface area (Å²) < 4.78 is 16.3. The van der Waals surface area contributed by atoms with Crippen molar-refractivity contribution in [2.75, 3.05) is 51.0 Å². The third kappa shape index (κ3) is 8.74. The van der Waals surface area contributed by atoms with Gasteiger partial charge >= 0.3 is 5.97 Å². The first-order valence-corrected chi connectivity index (χ1v) is 12.7. The molecule has 0 saturated carbocycles. The Kier molecular flexibility index (Phi) is 10.9. The molecule has 2 aromatic rings. The number of hydrogen-bond acceptors (Lipinski definition) is 8. The summed E-state index contributed by atoms with van der Waals surface area (Å²) in [5.41, 5.74) is 4.70. The topological polar surface area (TPSA) is 104 Å². The van der Waals surface area contributed by atoms with Gasteiger partial charge in [0.1, 0.15) is 12.4 Å². The molecule has 0 aliphatic carbocycles. The first-order chi connectivity index (χ1) is 17.3. The van der Waals surface area contributed by atoms with Crippen LogP contribution >= 0.6 is 0 Å². The molecule has 1 saturated heterocycles. The highest BCUT2D eigenvalue weighted by molar-refractivity contribution is 5.90. The molecule has 1 unspecified atom stereocenters. The Hall–Kier alpha value is -2.72. The summed E-state index contributed by atoms with van der Waals surface area (Å²) >= 11 is 0. The standard InChI is InChI=1S/C27H39N3O6/c1-20(2)19-25(32)22-6-8-23(9-7-22)30(21(3)31)28-12-4-5-24-10-11-26(36-24)27(33)35-18-15-29-13-16-34-17-14-29/h6-11,20,25,28,32H,4-5,12-19H2,1-3H3. The van der Waals surface area contributed by atoms with Crippen LogP contribution in [0.2, 0.25) is 0 Å². The molecule has 1 amide bonds. The number of ether oxygens (including phenoxy) is 2. The number of hydrazine groups is 1. The maximum Gasteiger partial charge on any atom is 0.374 e. The number of esters is 1. The number of hydrogen-bond donors (Lipinski definition) is 2. The van der Waals surface area contributed by atoms with Crippen molar-refractivity contribution in [1.29, 1.82) is 0 Å². The SMILES string of the molecule is CC(=O)N(NCCCc1ccc(C(=O)OCCN2CCOCC2)o1)c1ccc(C(O)CC(C)C)cc1. The molecular formula is C27H39N3O6. The fourth-order valence-corrected chi connectivity index (χ4v) is 4.05. The van der Waals surface area contributed by atoms with Gasteiger partial charge in [-0.25, -0.2) is 15.2 Å². The average molecular weight is 502 g/mol. The molecule has 1 aromatic heterocycles. The van der Waals surface area contributed by atoms with Crippen molar-refractivity contribution in [2.45, 2.75) is 46.1 Å². The molecule has 0 spiro atoms. The number of carbonyl (C=O) groups excluding carboxylic acids is 2. The highest BCUT2D eigenvalue weighted by Crippen LogP contribution is 2.23. The molecule has 9 heteroatoms. The maximum absolute atomic E-state index is 12.2. The molecular weight excluding hydrogens is 462 g/mol. The molecule has 0 radical (unpaired) electrons. The van der Waals surface area contributed by atoms with E-state index in [1.165, 1.54) is 11.9 Å². The average Bonchev–Trinajstić information content (AvgIpc) is 3.33. The highest BCUT2D eigenvalue weighted by Gasteiger charge is 2.16. The van der Waals surface area contributed by atoms with E-state index in [0.29, 0.717) is 69.5 Å². The van der Waals surface area contributed by atoms with Crippen LogP contribution in [0.25, 0.3) is 0 Å². The number of aliphatic hydroxyl groups is 1. The van der Waals surface area contributed by atoms with Crippen LogP contribution < -0.4 is 10.4 Å². The smallest absolute Gasteiger partial charge is 0.374 e.